The molecule has 1 aliphatic heterocycles. The Hall–Kier alpha value is -2.33. The maximum Gasteiger partial charge on any atom is 0.306 e. The number of carbonyl (C=O) groups excluding carboxylic acids is 1. The lowest BCUT2D eigenvalue weighted by Crippen LogP contribution is -2.41. The molecule has 1 aliphatic rings. The molecule has 1 aromatic carbocycles. The predicted octanol–water partition coefficient (Wildman–Crippen LogP) is 2.27. The van der Waals surface area contributed by atoms with Crippen LogP contribution in [0.4, 0.5) is 0 Å². The molecule has 24 heavy (non-hydrogen) atoms. The van der Waals surface area contributed by atoms with Gasteiger partial charge in [0.2, 0.25) is 0 Å². The molecule has 0 saturated carbocycles. The van der Waals surface area contributed by atoms with Gasteiger partial charge in [-0.2, -0.15) is 5.26 Å². The van der Waals surface area contributed by atoms with Gasteiger partial charge in [-0.05, 0) is 24.5 Å². The molecule has 0 atom stereocenters. The van der Waals surface area contributed by atoms with Gasteiger partial charge in [0.05, 0.1) is 5.92 Å². The summed E-state index contributed by atoms with van der Waals surface area (Å²) >= 11 is 3.44. The number of likely N-dealkylation sites (tertiary alicyclic amines) is 1. The normalized spacial score (nSPS) is 15.7. The van der Waals surface area contributed by atoms with E-state index in [1.807, 2.05) is 30.3 Å². The van der Waals surface area contributed by atoms with Crippen LogP contribution in [0.15, 0.2) is 40.5 Å². The fourth-order valence-electron chi connectivity index (χ4n) is 2.55. The number of hydrogen-bond donors (Lipinski definition) is 2. The van der Waals surface area contributed by atoms with Crippen LogP contribution in [0.1, 0.15) is 18.4 Å². The van der Waals surface area contributed by atoms with E-state index in [0.717, 1.165) is 10.0 Å². The molecular formula is C17H18BrN3O3. The van der Waals surface area contributed by atoms with E-state index in [2.05, 4.69) is 21.2 Å². The fourth-order valence-corrected chi connectivity index (χ4v) is 2.97. The lowest BCUT2D eigenvalue weighted by Gasteiger charge is -2.29. The standard InChI is InChI=1S/C17H18BrN3O3/c18-15-4-2-1-3-13(15)10-20-11-14(9-19)16(22)21-7-5-12(6-8-21)17(23)24/h1-4,11-12,20H,5-8,10H2,(H,23,24)/b14-11-. The van der Waals surface area contributed by atoms with Crippen molar-refractivity contribution in [2.45, 2.75) is 19.4 Å². The van der Waals surface area contributed by atoms with Crippen molar-refractivity contribution in [3.8, 4) is 6.07 Å². The molecule has 1 amide bonds. The average Bonchev–Trinajstić information content (AvgIpc) is 2.60. The van der Waals surface area contributed by atoms with Crippen LogP contribution in [0.25, 0.3) is 0 Å². The number of amides is 1. The van der Waals surface area contributed by atoms with E-state index in [9.17, 15) is 14.9 Å². The van der Waals surface area contributed by atoms with Gasteiger partial charge < -0.3 is 15.3 Å². The lowest BCUT2D eigenvalue weighted by atomic mass is 9.97. The van der Waals surface area contributed by atoms with Crippen molar-refractivity contribution in [2.75, 3.05) is 13.1 Å². The number of rotatable bonds is 5. The Bertz CT molecular complexity index is 689. The van der Waals surface area contributed by atoms with Crippen LogP contribution in [-0.2, 0) is 16.1 Å². The Labute approximate surface area is 148 Å². The molecule has 0 bridgehead atoms. The number of carboxylic acids is 1. The Morgan fingerprint density at radius 1 is 1.38 bits per heavy atom. The molecule has 1 aromatic rings. The summed E-state index contributed by atoms with van der Waals surface area (Å²) in [6.07, 6.45) is 2.26. The summed E-state index contributed by atoms with van der Waals surface area (Å²) in [6.45, 7) is 1.21. The van der Waals surface area contributed by atoms with E-state index in [4.69, 9.17) is 5.11 Å². The van der Waals surface area contributed by atoms with Gasteiger partial charge in [0.1, 0.15) is 11.6 Å². The third-order valence-electron chi connectivity index (χ3n) is 3.98. The van der Waals surface area contributed by atoms with E-state index in [1.165, 1.54) is 11.1 Å². The fraction of sp³-hybridized carbons (Fsp3) is 0.353. The minimum absolute atomic E-state index is 0.0239. The number of carboxylic acid groups (broad SMARTS) is 1. The van der Waals surface area contributed by atoms with Gasteiger partial charge in [-0.1, -0.05) is 34.1 Å². The molecule has 2 N–H and O–H groups in total. The third-order valence-corrected chi connectivity index (χ3v) is 4.75. The third kappa shape index (κ3) is 4.59. The summed E-state index contributed by atoms with van der Waals surface area (Å²) in [6, 6.07) is 9.60. The number of carbonyl (C=O) groups is 2. The van der Waals surface area contributed by atoms with Crippen molar-refractivity contribution < 1.29 is 14.7 Å². The minimum Gasteiger partial charge on any atom is -0.481 e. The molecule has 7 heteroatoms. The highest BCUT2D eigenvalue weighted by Gasteiger charge is 2.28. The summed E-state index contributed by atoms with van der Waals surface area (Å²) in [5, 5.41) is 21.2. The van der Waals surface area contributed by atoms with Crippen LogP contribution >= 0.6 is 15.9 Å². The smallest absolute Gasteiger partial charge is 0.306 e. The van der Waals surface area contributed by atoms with E-state index >= 15 is 0 Å². The summed E-state index contributed by atoms with van der Waals surface area (Å²) in [5.74, 6) is -1.59. The first-order chi connectivity index (χ1) is 11.5. The maximum absolute atomic E-state index is 12.4. The van der Waals surface area contributed by atoms with E-state index < -0.39 is 11.9 Å². The molecule has 0 radical (unpaired) electrons. The van der Waals surface area contributed by atoms with Crippen molar-refractivity contribution in [2.24, 2.45) is 5.92 Å². The first kappa shape index (κ1) is 18.0. The van der Waals surface area contributed by atoms with Gasteiger partial charge in [-0.15, -0.1) is 0 Å². The van der Waals surface area contributed by atoms with Crippen molar-refractivity contribution in [1.82, 2.24) is 10.2 Å². The molecule has 126 valence electrons. The predicted molar refractivity (Wildman–Crippen MR) is 91.6 cm³/mol. The van der Waals surface area contributed by atoms with Gasteiger partial charge in [-0.25, -0.2) is 0 Å². The highest BCUT2D eigenvalue weighted by atomic mass is 79.9. The highest BCUT2D eigenvalue weighted by molar-refractivity contribution is 9.10. The Morgan fingerprint density at radius 2 is 2.04 bits per heavy atom. The van der Waals surface area contributed by atoms with Crippen LogP contribution < -0.4 is 5.32 Å². The molecule has 1 fully saturated rings. The highest BCUT2D eigenvalue weighted by Crippen LogP contribution is 2.19. The Morgan fingerprint density at radius 3 is 2.62 bits per heavy atom. The van der Waals surface area contributed by atoms with Crippen LogP contribution in [0.2, 0.25) is 0 Å². The Balaban J connectivity index is 1.93. The molecule has 0 aromatic heterocycles. The van der Waals surface area contributed by atoms with E-state index in [0.29, 0.717) is 32.5 Å². The van der Waals surface area contributed by atoms with Gasteiger partial charge in [0.25, 0.3) is 5.91 Å². The monoisotopic (exact) mass is 391 g/mol. The molecule has 1 heterocycles. The zero-order chi connectivity index (χ0) is 17.5. The molecular weight excluding hydrogens is 374 g/mol. The summed E-state index contributed by atoms with van der Waals surface area (Å²) < 4.78 is 0.950. The molecule has 0 unspecified atom stereocenters. The summed E-state index contributed by atoms with van der Waals surface area (Å²) in [5.41, 5.74) is 1.04. The number of nitrogens with zero attached hydrogens (tertiary/aromatic N) is 2. The zero-order valence-electron chi connectivity index (χ0n) is 13.0. The van der Waals surface area contributed by atoms with Crippen molar-refractivity contribution in [1.29, 1.82) is 5.26 Å². The summed E-state index contributed by atoms with van der Waals surface area (Å²) in [4.78, 5) is 24.8. The van der Waals surface area contributed by atoms with Crippen molar-refractivity contribution in [3.63, 3.8) is 0 Å². The van der Waals surface area contributed by atoms with Gasteiger partial charge >= 0.3 is 5.97 Å². The zero-order valence-corrected chi connectivity index (χ0v) is 14.6. The average molecular weight is 392 g/mol. The van der Waals surface area contributed by atoms with Crippen molar-refractivity contribution >= 4 is 27.8 Å². The molecule has 0 aliphatic carbocycles. The molecule has 0 spiro atoms. The Kier molecular flexibility index (Phi) is 6.38. The minimum atomic E-state index is -0.826. The van der Waals surface area contributed by atoms with Crippen LogP contribution in [0, 0.1) is 17.2 Å². The maximum atomic E-state index is 12.4. The van der Waals surface area contributed by atoms with Gasteiger partial charge in [-0.3, -0.25) is 9.59 Å². The van der Waals surface area contributed by atoms with E-state index in [1.54, 1.807) is 0 Å². The molecule has 6 nitrogen and oxygen atoms in total. The number of nitrogens with one attached hydrogen (secondary N) is 1. The second-order valence-electron chi connectivity index (χ2n) is 5.55. The van der Waals surface area contributed by atoms with Crippen LogP contribution in [-0.4, -0.2) is 35.0 Å². The van der Waals surface area contributed by atoms with Crippen LogP contribution in [0.5, 0.6) is 0 Å². The quantitative estimate of drug-likeness (QED) is 0.592. The number of benzene rings is 1. The SMILES string of the molecule is N#C/C(=C/NCc1ccccc1Br)C(=O)N1CCC(C(=O)O)CC1. The van der Waals surface area contributed by atoms with Crippen molar-refractivity contribution in [3.05, 3.63) is 46.1 Å². The topological polar surface area (TPSA) is 93.4 Å². The second-order valence-corrected chi connectivity index (χ2v) is 6.40. The number of aliphatic carboxylic acids is 1. The number of halogens is 1. The number of piperidine rings is 1. The van der Waals surface area contributed by atoms with Gasteiger partial charge in [0, 0.05) is 30.3 Å². The van der Waals surface area contributed by atoms with E-state index in [-0.39, 0.29) is 11.5 Å². The first-order valence-corrected chi connectivity index (χ1v) is 8.41. The number of nitriles is 1. The van der Waals surface area contributed by atoms with Gasteiger partial charge in [0.15, 0.2) is 0 Å². The number of hydrogen-bond acceptors (Lipinski definition) is 4. The summed E-state index contributed by atoms with van der Waals surface area (Å²) in [7, 11) is 0. The van der Waals surface area contributed by atoms with Crippen LogP contribution in [0.3, 0.4) is 0 Å². The largest absolute Gasteiger partial charge is 0.481 e. The first-order valence-electron chi connectivity index (χ1n) is 7.62. The second kappa shape index (κ2) is 8.50. The molecule has 2 rings (SSSR count). The molecule has 1 saturated heterocycles. The lowest BCUT2D eigenvalue weighted by molar-refractivity contribution is -0.145.